The average Bonchev–Trinajstić information content (AvgIpc) is 2.46. The fourth-order valence-corrected chi connectivity index (χ4v) is 2.23. The number of anilines is 2. The first-order valence-electron chi connectivity index (χ1n) is 7.91. The maximum Gasteiger partial charge on any atom is 0.233 e. The number of nitrogens with one attached hydrogen (secondary N) is 2. The van der Waals surface area contributed by atoms with Crippen LogP contribution < -0.4 is 10.6 Å². The fraction of sp³-hybridized carbons (Fsp3) is 0.471. The number of amides is 3. The second-order valence-corrected chi connectivity index (χ2v) is 5.37. The first-order valence-corrected chi connectivity index (χ1v) is 7.91. The molecular formula is C17H25N3O3. The molecule has 2 N–H and O–H groups in total. The minimum atomic E-state index is -0.354. The van der Waals surface area contributed by atoms with Crippen LogP contribution in [-0.2, 0) is 14.4 Å². The van der Waals surface area contributed by atoms with Gasteiger partial charge >= 0.3 is 0 Å². The lowest BCUT2D eigenvalue weighted by Crippen LogP contribution is -2.35. The lowest BCUT2D eigenvalue weighted by molar-refractivity contribution is -0.134. The molecule has 0 unspecified atom stereocenters. The van der Waals surface area contributed by atoms with Crippen molar-refractivity contribution in [2.75, 3.05) is 23.7 Å². The van der Waals surface area contributed by atoms with E-state index < -0.39 is 0 Å². The molecule has 1 rings (SSSR count). The van der Waals surface area contributed by atoms with Crippen LogP contribution in [0, 0.1) is 0 Å². The summed E-state index contributed by atoms with van der Waals surface area (Å²) in [7, 11) is 0. The molecular weight excluding hydrogens is 294 g/mol. The molecule has 3 amide bonds. The second-order valence-electron chi connectivity index (χ2n) is 5.37. The summed E-state index contributed by atoms with van der Waals surface area (Å²) in [6.07, 6.45) is 1.56. The van der Waals surface area contributed by atoms with E-state index in [2.05, 4.69) is 10.6 Å². The highest BCUT2D eigenvalue weighted by atomic mass is 16.2. The van der Waals surface area contributed by atoms with Crippen molar-refractivity contribution in [2.45, 2.75) is 40.0 Å². The van der Waals surface area contributed by atoms with Crippen LogP contribution in [0.4, 0.5) is 11.4 Å². The van der Waals surface area contributed by atoms with Crippen molar-refractivity contribution in [1.82, 2.24) is 4.90 Å². The number of benzene rings is 1. The quantitative estimate of drug-likeness (QED) is 0.723. The highest BCUT2D eigenvalue weighted by Gasteiger charge is 2.16. The van der Waals surface area contributed by atoms with Gasteiger partial charge in [0.05, 0.1) is 0 Å². The minimum absolute atomic E-state index is 0.163. The maximum atomic E-state index is 12.1. The van der Waals surface area contributed by atoms with Gasteiger partial charge in [-0.3, -0.25) is 14.4 Å². The molecule has 0 bridgehead atoms. The standard InChI is InChI=1S/C17H25N3O3/c1-4-9-20(10-5-2)17(23)12-16(22)19-15-8-6-7-14(11-15)18-13(3)21/h6-8,11H,4-5,9-10,12H2,1-3H3,(H,18,21)(H,19,22). The number of hydrogen-bond acceptors (Lipinski definition) is 3. The SMILES string of the molecule is CCCN(CCC)C(=O)CC(=O)Nc1cccc(NC(C)=O)c1. The minimum Gasteiger partial charge on any atom is -0.342 e. The van der Waals surface area contributed by atoms with Crippen molar-refractivity contribution < 1.29 is 14.4 Å². The predicted octanol–water partition coefficient (Wildman–Crippen LogP) is 2.62. The molecule has 0 fully saturated rings. The first kappa shape index (κ1) is 18.7. The Labute approximate surface area is 137 Å². The van der Waals surface area contributed by atoms with E-state index in [4.69, 9.17) is 0 Å². The highest BCUT2D eigenvalue weighted by Crippen LogP contribution is 2.15. The third kappa shape index (κ3) is 6.95. The van der Waals surface area contributed by atoms with E-state index in [1.165, 1.54) is 6.92 Å². The monoisotopic (exact) mass is 319 g/mol. The van der Waals surface area contributed by atoms with Gasteiger partial charge in [-0.15, -0.1) is 0 Å². The first-order chi connectivity index (χ1) is 11.0. The van der Waals surface area contributed by atoms with Crippen molar-refractivity contribution in [2.24, 2.45) is 0 Å². The van der Waals surface area contributed by atoms with Crippen LogP contribution in [0.5, 0.6) is 0 Å². The number of carbonyl (C=O) groups is 3. The van der Waals surface area contributed by atoms with Gasteiger partial charge in [-0.1, -0.05) is 19.9 Å². The van der Waals surface area contributed by atoms with Crippen molar-refractivity contribution in [3.05, 3.63) is 24.3 Å². The van der Waals surface area contributed by atoms with Crippen LogP contribution >= 0.6 is 0 Å². The van der Waals surface area contributed by atoms with E-state index in [0.717, 1.165) is 12.8 Å². The molecule has 1 aromatic carbocycles. The van der Waals surface area contributed by atoms with E-state index in [1.807, 2.05) is 13.8 Å². The normalized spacial score (nSPS) is 10.0. The third-order valence-corrected chi connectivity index (χ3v) is 3.12. The van der Waals surface area contributed by atoms with Gasteiger partial charge in [0.25, 0.3) is 0 Å². The van der Waals surface area contributed by atoms with Gasteiger partial charge in [0.1, 0.15) is 6.42 Å². The lowest BCUT2D eigenvalue weighted by Gasteiger charge is -2.21. The Bertz CT molecular complexity index is 552. The molecule has 6 heteroatoms. The zero-order valence-corrected chi connectivity index (χ0v) is 14.0. The summed E-state index contributed by atoms with van der Waals surface area (Å²) in [5.41, 5.74) is 1.15. The molecule has 0 spiro atoms. The Morgan fingerprint density at radius 3 is 2.09 bits per heavy atom. The van der Waals surface area contributed by atoms with E-state index in [-0.39, 0.29) is 24.1 Å². The van der Waals surface area contributed by atoms with Gasteiger partial charge in [0, 0.05) is 31.4 Å². The molecule has 23 heavy (non-hydrogen) atoms. The number of hydrogen-bond donors (Lipinski definition) is 2. The Balaban J connectivity index is 2.61. The van der Waals surface area contributed by atoms with Gasteiger partial charge < -0.3 is 15.5 Å². The Morgan fingerprint density at radius 1 is 1.00 bits per heavy atom. The number of nitrogens with zero attached hydrogens (tertiary/aromatic N) is 1. The van der Waals surface area contributed by atoms with Crippen molar-refractivity contribution in [1.29, 1.82) is 0 Å². The molecule has 0 aliphatic carbocycles. The van der Waals surface area contributed by atoms with Crippen molar-refractivity contribution in [3.63, 3.8) is 0 Å². The molecule has 0 aliphatic rings. The fourth-order valence-electron chi connectivity index (χ4n) is 2.23. The topological polar surface area (TPSA) is 78.5 Å². The average molecular weight is 319 g/mol. The van der Waals surface area contributed by atoms with Gasteiger partial charge in [0.15, 0.2) is 0 Å². The van der Waals surface area contributed by atoms with Crippen molar-refractivity contribution in [3.8, 4) is 0 Å². The van der Waals surface area contributed by atoms with Crippen LogP contribution in [0.1, 0.15) is 40.0 Å². The molecule has 0 aliphatic heterocycles. The van der Waals surface area contributed by atoms with E-state index in [9.17, 15) is 14.4 Å². The van der Waals surface area contributed by atoms with Crippen LogP contribution in [0.15, 0.2) is 24.3 Å². The molecule has 0 aromatic heterocycles. The van der Waals surface area contributed by atoms with Crippen LogP contribution in [0.3, 0.4) is 0 Å². The Hall–Kier alpha value is -2.37. The summed E-state index contributed by atoms with van der Waals surface area (Å²) in [5, 5.41) is 5.33. The van der Waals surface area contributed by atoms with Gasteiger partial charge in [-0.25, -0.2) is 0 Å². The summed E-state index contributed by atoms with van der Waals surface area (Å²) < 4.78 is 0. The van der Waals surface area contributed by atoms with Crippen LogP contribution in [0.25, 0.3) is 0 Å². The maximum absolute atomic E-state index is 12.1. The molecule has 0 radical (unpaired) electrons. The zero-order chi connectivity index (χ0) is 17.2. The van der Waals surface area contributed by atoms with Crippen LogP contribution in [-0.4, -0.2) is 35.7 Å². The van der Waals surface area contributed by atoms with E-state index in [1.54, 1.807) is 29.2 Å². The summed E-state index contributed by atoms with van der Waals surface area (Å²) in [6.45, 7) is 6.75. The third-order valence-electron chi connectivity index (χ3n) is 3.12. The summed E-state index contributed by atoms with van der Waals surface area (Å²) in [5.74, 6) is -0.699. The molecule has 6 nitrogen and oxygen atoms in total. The zero-order valence-electron chi connectivity index (χ0n) is 14.0. The van der Waals surface area contributed by atoms with Gasteiger partial charge in [-0.05, 0) is 31.0 Å². The summed E-state index contributed by atoms with van der Waals surface area (Å²) in [4.78, 5) is 36.9. The molecule has 1 aromatic rings. The van der Waals surface area contributed by atoms with Crippen molar-refractivity contribution >= 4 is 29.1 Å². The van der Waals surface area contributed by atoms with E-state index in [0.29, 0.717) is 24.5 Å². The molecule has 0 heterocycles. The Morgan fingerprint density at radius 2 is 1.57 bits per heavy atom. The molecule has 126 valence electrons. The Kier molecular flexibility index (Phi) is 7.80. The van der Waals surface area contributed by atoms with Gasteiger partial charge in [-0.2, -0.15) is 0 Å². The van der Waals surface area contributed by atoms with Crippen LogP contribution in [0.2, 0.25) is 0 Å². The van der Waals surface area contributed by atoms with Gasteiger partial charge in [0.2, 0.25) is 17.7 Å². The second kappa shape index (κ2) is 9.61. The summed E-state index contributed by atoms with van der Waals surface area (Å²) in [6, 6.07) is 6.82. The highest BCUT2D eigenvalue weighted by molar-refractivity contribution is 6.03. The smallest absolute Gasteiger partial charge is 0.233 e. The lowest BCUT2D eigenvalue weighted by atomic mass is 10.2. The summed E-state index contributed by atoms with van der Waals surface area (Å²) >= 11 is 0. The van der Waals surface area contributed by atoms with E-state index >= 15 is 0 Å². The molecule has 0 atom stereocenters. The molecule has 0 saturated heterocycles. The predicted molar refractivity (Wildman–Crippen MR) is 91.2 cm³/mol. The largest absolute Gasteiger partial charge is 0.342 e. The number of rotatable bonds is 8. The number of carbonyl (C=O) groups excluding carboxylic acids is 3. The molecule has 0 saturated carbocycles.